The van der Waals surface area contributed by atoms with Crippen molar-refractivity contribution in [2.45, 2.75) is 62.7 Å². The molecular weight excluding hydrogens is 467 g/mol. The van der Waals surface area contributed by atoms with E-state index in [1.165, 1.54) is 4.90 Å². The Morgan fingerprint density at radius 2 is 1.59 bits per heavy atom. The van der Waals surface area contributed by atoms with Crippen LogP contribution in [0.25, 0.3) is 12.2 Å². The van der Waals surface area contributed by atoms with Gasteiger partial charge in [-0.1, -0.05) is 54.6 Å². The highest BCUT2D eigenvalue weighted by Gasteiger charge is 2.52. The smallest absolute Gasteiger partial charge is 0.237 e. The van der Waals surface area contributed by atoms with Crippen LogP contribution in [0, 0.1) is 16.7 Å². The summed E-state index contributed by atoms with van der Waals surface area (Å²) in [5.41, 5.74) is 2.46. The third kappa shape index (κ3) is 5.45. The van der Waals surface area contributed by atoms with E-state index in [4.69, 9.17) is 0 Å². The number of benzene rings is 2. The number of carbonyl (C=O) groups excluding carboxylic acids is 2. The first-order chi connectivity index (χ1) is 17.9. The lowest BCUT2D eigenvalue weighted by molar-refractivity contribution is -0.135. The summed E-state index contributed by atoms with van der Waals surface area (Å²) >= 11 is 0. The van der Waals surface area contributed by atoms with E-state index in [-0.39, 0.29) is 42.3 Å². The standard InChI is InChI=1S/C30H33FN4O2/c31-24-18-26(19-32)35(21-24)27(36)20-33-30-15-12-29(13-16-30,14-17-30)28(37)34-25-10-8-23(9-11-25)7-6-22-4-2-1-3-5-22/h1-11,24,26,33H,12-18,20-21H2,(H,34,37)/b7-6+. The molecule has 2 atom stereocenters. The Morgan fingerprint density at radius 3 is 2.22 bits per heavy atom. The molecule has 2 bridgehead atoms. The molecule has 1 heterocycles. The Balaban J connectivity index is 1.13. The summed E-state index contributed by atoms with van der Waals surface area (Å²) in [4.78, 5) is 27.3. The summed E-state index contributed by atoms with van der Waals surface area (Å²) in [5, 5.41) is 15.8. The van der Waals surface area contributed by atoms with Crippen molar-refractivity contribution in [3.05, 3.63) is 65.7 Å². The third-order valence-corrected chi connectivity index (χ3v) is 8.50. The maximum atomic E-state index is 13.7. The fraction of sp³-hybridized carbons (Fsp3) is 0.433. The highest BCUT2D eigenvalue weighted by molar-refractivity contribution is 5.95. The number of amides is 2. The SMILES string of the molecule is N#CC1CC(F)CN1C(=O)CNC12CCC(C(=O)Nc3ccc(/C=C/c4ccccc4)cc3)(CC1)CC2. The van der Waals surface area contributed by atoms with E-state index in [9.17, 15) is 19.2 Å². The van der Waals surface area contributed by atoms with Crippen molar-refractivity contribution in [2.24, 2.45) is 5.41 Å². The lowest BCUT2D eigenvalue weighted by Gasteiger charge is -2.52. The zero-order valence-electron chi connectivity index (χ0n) is 21.0. The van der Waals surface area contributed by atoms with Gasteiger partial charge in [-0.3, -0.25) is 9.59 Å². The normalized spacial score (nSPS) is 28.8. The molecule has 7 heteroatoms. The molecule has 2 amide bonds. The number of alkyl halides is 1. The number of rotatable bonds is 7. The van der Waals surface area contributed by atoms with E-state index >= 15 is 0 Å². The van der Waals surface area contributed by atoms with E-state index in [0.29, 0.717) is 0 Å². The number of anilines is 1. The number of nitriles is 1. The summed E-state index contributed by atoms with van der Waals surface area (Å²) in [6, 6.07) is 19.4. The first kappa shape index (κ1) is 25.2. The van der Waals surface area contributed by atoms with Crippen LogP contribution in [0.15, 0.2) is 54.6 Å². The summed E-state index contributed by atoms with van der Waals surface area (Å²) in [6.07, 6.45) is 7.88. The molecule has 4 aliphatic rings. The van der Waals surface area contributed by atoms with Gasteiger partial charge >= 0.3 is 0 Å². The van der Waals surface area contributed by atoms with Crippen LogP contribution in [0.1, 0.15) is 56.1 Å². The number of halogens is 1. The van der Waals surface area contributed by atoms with Crippen LogP contribution < -0.4 is 10.6 Å². The molecule has 2 aromatic rings. The zero-order valence-corrected chi connectivity index (χ0v) is 21.0. The molecule has 2 unspecified atom stereocenters. The number of fused-ring (bicyclic) bond motifs is 3. The van der Waals surface area contributed by atoms with Gasteiger partial charge in [0.1, 0.15) is 12.2 Å². The highest BCUT2D eigenvalue weighted by Crippen LogP contribution is 2.52. The Morgan fingerprint density at radius 1 is 0.973 bits per heavy atom. The van der Waals surface area contributed by atoms with Gasteiger partial charge in [-0.25, -0.2) is 4.39 Å². The van der Waals surface area contributed by atoms with Crippen LogP contribution in [-0.2, 0) is 9.59 Å². The number of hydrogen-bond donors (Lipinski definition) is 2. The molecule has 2 N–H and O–H groups in total. The second-order valence-electron chi connectivity index (χ2n) is 10.8. The molecule has 0 radical (unpaired) electrons. The maximum absolute atomic E-state index is 13.7. The Labute approximate surface area is 217 Å². The zero-order chi connectivity index (χ0) is 25.9. The minimum absolute atomic E-state index is 0.000679. The highest BCUT2D eigenvalue weighted by atomic mass is 19.1. The molecule has 192 valence electrons. The average Bonchev–Trinajstić information content (AvgIpc) is 3.33. The first-order valence-corrected chi connectivity index (χ1v) is 13.1. The monoisotopic (exact) mass is 500 g/mol. The van der Waals surface area contributed by atoms with Crippen LogP contribution in [0.3, 0.4) is 0 Å². The quantitative estimate of drug-likeness (QED) is 0.528. The molecule has 6 nitrogen and oxygen atoms in total. The Hall–Kier alpha value is -3.50. The average molecular weight is 501 g/mol. The fourth-order valence-electron chi connectivity index (χ4n) is 6.04. The van der Waals surface area contributed by atoms with Crippen molar-refractivity contribution in [3.63, 3.8) is 0 Å². The summed E-state index contributed by atoms with van der Waals surface area (Å²) in [7, 11) is 0. The molecule has 1 aliphatic heterocycles. The van der Waals surface area contributed by atoms with Crippen molar-refractivity contribution < 1.29 is 14.0 Å². The maximum Gasteiger partial charge on any atom is 0.237 e. The van der Waals surface area contributed by atoms with Crippen molar-refractivity contribution >= 4 is 29.7 Å². The van der Waals surface area contributed by atoms with Crippen molar-refractivity contribution in [1.29, 1.82) is 5.26 Å². The second kappa shape index (κ2) is 10.5. The second-order valence-corrected chi connectivity index (χ2v) is 10.8. The minimum Gasteiger partial charge on any atom is -0.326 e. The number of nitrogens with one attached hydrogen (secondary N) is 2. The predicted octanol–water partition coefficient (Wildman–Crippen LogP) is 4.94. The molecule has 3 aliphatic carbocycles. The molecular formula is C30H33FN4O2. The van der Waals surface area contributed by atoms with Gasteiger partial charge in [-0.05, 0) is 61.8 Å². The van der Waals surface area contributed by atoms with Crippen LogP contribution in [-0.4, -0.2) is 47.6 Å². The molecule has 1 saturated heterocycles. The van der Waals surface area contributed by atoms with Gasteiger partial charge in [0.25, 0.3) is 0 Å². The summed E-state index contributed by atoms with van der Waals surface area (Å²) in [6.45, 7) is 0.106. The lowest BCUT2D eigenvalue weighted by Crippen LogP contribution is -2.59. The van der Waals surface area contributed by atoms with Gasteiger partial charge in [-0.15, -0.1) is 0 Å². The molecule has 6 rings (SSSR count). The van der Waals surface area contributed by atoms with Crippen molar-refractivity contribution in [3.8, 4) is 6.07 Å². The van der Waals surface area contributed by atoms with E-state index in [2.05, 4.69) is 34.9 Å². The van der Waals surface area contributed by atoms with Crippen LogP contribution in [0.2, 0.25) is 0 Å². The number of hydrogen-bond acceptors (Lipinski definition) is 4. The van der Waals surface area contributed by atoms with Gasteiger partial charge < -0.3 is 15.5 Å². The Bertz CT molecular complexity index is 1180. The molecule has 37 heavy (non-hydrogen) atoms. The van der Waals surface area contributed by atoms with E-state index in [1.807, 2.05) is 48.5 Å². The number of carbonyl (C=O) groups is 2. The summed E-state index contributed by atoms with van der Waals surface area (Å²) in [5.74, 6) is -0.143. The Kier molecular flexibility index (Phi) is 7.12. The van der Waals surface area contributed by atoms with Crippen LogP contribution in [0.5, 0.6) is 0 Å². The van der Waals surface area contributed by atoms with Crippen molar-refractivity contribution in [1.82, 2.24) is 10.2 Å². The fourth-order valence-corrected chi connectivity index (χ4v) is 6.04. The summed E-state index contributed by atoms with van der Waals surface area (Å²) < 4.78 is 13.7. The largest absolute Gasteiger partial charge is 0.326 e. The number of likely N-dealkylation sites (tertiary alicyclic amines) is 1. The lowest BCUT2D eigenvalue weighted by atomic mass is 9.57. The van der Waals surface area contributed by atoms with Gasteiger partial charge in [0.15, 0.2) is 0 Å². The third-order valence-electron chi connectivity index (χ3n) is 8.50. The molecule has 0 spiro atoms. The van der Waals surface area contributed by atoms with E-state index in [1.54, 1.807) is 0 Å². The van der Waals surface area contributed by atoms with Gasteiger partial charge in [-0.2, -0.15) is 5.26 Å². The topological polar surface area (TPSA) is 85.2 Å². The van der Waals surface area contributed by atoms with Crippen LogP contribution >= 0.6 is 0 Å². The number of nitrogens with zero attached hydrogens (tertiary/aromatic N) is 2. The van der Waals surface area contributed by atoms with Crippen molar-refractivity contribution in [2.75, 3.05) is 18.4 Å². The predicted molar refractivity (Wildman–Crippen MR) is 142 cm³/mol. The van der Waals surface area contributed by atoms with Gasteiger partial charge in [0, 0.05) is 23.1 Å². The van der Waals surface area contributed by atoms with Gasteiger partial charge in [0.2, 0.25) is 11.8 Å². The van der Waals surface area contributed by atoms with E-state index < -0.39 is 12.2 Å². The molecule has 0 aromatic heterocycles. The van der Waals surface area contributed by atoms with Gasteiger partial charge in [0.05, 0.1) is 19.2 Å². The molecule has 2 aromatic carbocycles. The van der Waals surface area contributed by atoms with Crippen LogP contribution in [0.4, 0.5) is 10.1 Å². The minimum atomic E-state index is -1.13. The molecule has 4 fully saturated rings. The first-order valence-electron chi connectivity index (χ1n) is 13.1. The van der Waals surface area contributed by atoms with E-state index in [0.717, 1.165) is 55.3 Å². The molecule has 3 saturated carbocycles.